The lowest BCUT2D eigenvalue weighted by atomic mass is 9.76. The molecule has 0 aliphatic carbocycles. The molecule has 2 N–H and O–H groups in total. The summed E-state index contributed by atoms with van der Waals surface area (Å²) in [5, 5.41) is 0. The highest BCUT2D eigenvalue weighted by Crippen LogP contribution is 2.42. The first-order chi connectivity index (χ1) is 12.1. The van der Waals surface area contributed by atoms with Gasteiger partial charge in [0, 0.05) is 6.54 Å². The van der Waals surface area contributed by atoms with Gasteiger partial charge in [0.1, 0.15) is 0 Å². The van der Waals surface area contributed by atoms with Crippen molar-refractivity contribution in [3.63, 3.8) is 0 Å². The largest absolute Gasteiger partial charge is 0.491 e. The molecule has 0 atom stereocenters. The second-order valence-electron chi connectivity index (χ2n) is 7.27. The average molecular weight is 395 g/mol. The molecule has 0 unspecified atom stereocenters. The fraction of sp³-hybridized carbons (Fsp3) is 0.529. The van der Waals surface area contributed by atoms with Gasteiger partial charge < -0.3 is 15.0 Å². The van der Waals surface area contributed by atoms with E-state index in [9.17, 15) is 26.3 Å². The van der Waals surface area contributed by atoms with Gasteiger partial charge in [0.25, 0.3) is 0 Å². The molecular formula is C17H20BF6NO2. The normalized spacial score (nSPS) is 20.3. The number of benzene rings is 1. The van der Waals surface area contributed by atoms with Crippen LogP contribution in [0.1, 0.15) is 44.4 Å². The third kappa shape index (κ3) is 4.33. The standard InChI is InChI=1S/C17H20BF6NO2/c1-14(2)15(3,4)27-18(26-14)10(9-25)8-11-12(16(19,20)21)6-5-7-13(11)17(22,23)24/h5-8H,9,25H2,1-4H3. The minimum Gasteiger partial charge on any atom is -0.400 e. The van der Waals surface area contributed by atoms with E-state index in [2.05, 4.69) is 0 Å². The summed E-state index contributed by atoms with van der Waals surface area (Å²) in [6, 6.07) is 1.92. The highest BCUT2D eigenvalue weighted by atomic mass is 19.4. The Bertz CT molecular complexity index is 692. The lowest BCUT2D eigenvalue weighted by Gasteiger charge is -2.32. The first kappa shape index (κ1) is 21.8. The molecule has 150 valence electrons. The van der Waals surface area contributed by atoms with E-state index in [1.807, 2.05) is 0 Å². The lowest BCUT2D eigenvalue weighted by molar-refractivity contribution is -0.143. The van der Waals surface area contributed by atoms with Crippen LogP contribution in [0, 0.1) is 0 Å². The number of halogens is 6. The van der Waals surface area contributed by atoms with Crippen molar-refractivity contribution in [1.82, 2.24) is 0 Å². The Balaban J connectivity index is 2.62. The molecule has 27 heavy (non-hydrogen) atoms. The molecule has 0 bridgehead atoms. The van der Waals surface area contributed by atoms with Crippen molar-refractivity contribution in [2.24, 2.45) is 5.73 Å². The summed E-state index contributed by atoms with van der Waals surface area (Å²) in [6.07, 6.45) is -9.17. The lowest BCUT2D eigenvalue weighted by Crippen LogP contribution is -2.41. The zero-order chi connectivity index (χ0) is 20.8. The SMILES string of the molecule is CC1(C)OB(C(=Cc2c(C(F)(F)F)cccc2C(F)(F)F)CN)OC1(C)C. The van der Waals surface area contributed by atoms with Crippen LogP contribution in [-0.2, 0) is 21.7 Å². The van der Waals surface area contributed by atoms with Crippen LogP contribution in [-0.4, -0.2) is 24.9 Å². The average Bonchev–Trinajstić information content (AvgIpc) is 2.70. The summed E-state index contributed by atoms with van der Waals surface area (Å²) in [6.45, 7) is 6.52. The van der Waals surface area contributed by atoms with Gasteiger partial charge in [-0.25, -0.2) is 0 Å². The maximum atomic E-state index is 13.3. The van der Waals surface area contributed by atoms with Crippen molar-refractivity contribution in [1.29, 1.82) is 0 Å². The molecule has 1 heterocycles. The smallest absolute Gasteiger partial charge is 0.400 e. The van der Waals surface area contributed by atoms with Gasteiger partial charge in [-0.1, -0.05) is 12.1 Å². The Kier molecular flexibility index (Phi) is 5.51. The molecule has 1 aliphatic heterocycles. The summed E-state index contributed by atoms with van der Waals surface area (Å²) in [5.74, 6) is 0. The van der Waals surface area contributed by atoms with Crippen LogP contribution in [0.3, 0.4) is 0 Å². The van der Waals surface area contributed by atoms with Crippen LogP contribution in [0.4, 0.5) is 26.3 Å². The molecule has 1 aliphatic rings. The van der Waals surface area contributed by atoms with Gasteiger partial charge in [-0.3, -0.25) is 0 Å². The summed E-state index contributed by atoms with van der Waals surface area (Å²) >= 11 is 0. The molecule has 0 saturated carbocycles. The quantitative estimate of drug-likeness (QED) is 0.596. The number of alkyl halides is 6. The summed E-state index contributed by atoms with van der Waals surface area (Å²) < 4.78 is 91.2. The predicted molar refractivity (Wildman–Crippen MR) is 89.6 cm³/mol. The van der Waals surface area contributed by atoms with E-state index >= 15 is 0 Å². The Morgan fingerprint density at radius 1 is 0.963 bits per heavy atom. The Morgan fingerprint density at radius 2 is 1.37 bits per heavy atom. The van der Waals surface area contributed by atoms with Gasteiger partial charge in [-0.05, 0) is 50.9 Å². The Labute approximate surface area is 153 Å². The fourth-order valence-electron chi connectivity index (χ4n) is 2.62. The molecule has 0 amide bonds. The Morgan fingerprint density at radius 3 is 1.70 bits per heavy atom. The second-order valence-corrected chi connectivity index (χ2v) is 7.27. The first-order valence-electron chi connectivity index (χ1n) is 8.14. The van der Waals surface area contributed by atoms with E-state index in [-0.39, 0.29) is 12.0 Å². The van der Waals surface area contributed by atoms with Crippen LogP contribution < -0.4 is 5.73 Å². The molecule has 0 radical (unpaired) electrons. The van der Waals surface area contributed by atoms with E-state index in [4.69, 9.17) is 15.0 Å². The van der Waals surface area contributed by atoms with Gasteiger partial charge in [0.05, 0.1) is 22.3 Å². The van der Waals surface area contributed by atoms with Crippen molar-refractivity contribution in [2.45, 2.75) is 51.2 Å². The Hall–Kier alpha value is -1.52. The van der Waals surface area contributed by atoms with Crippen molar-refractivity contribution in [3.05, 3.63) is 40.4 Å². The van der Waals surface area contributed by atoms with Gasteiger partial charge >= 0.3 is 19.5 Å². The second kappa shape index (κ2) is 6.82. The van der Waals surface area contributed by atoms with E-state index in [1.54, 1.807) is 27.7 Å². The van der Waals surface area contributed by atoms with Gasteiger partial charge in [0.15, 0.2) is 0 Å². The first-order valence-corrected chi connectivity index (χ1v) is 8.14. The summed E-state index contributed by atoms with van der Waals surface area (Å²) in [7, 11) is -1.15. The van der Waals surface area contributed by atoms with E-state index in [0.717, 1.165) is 12.1 Å². The topological polar surface area (TPSA) is 44.5 Å². The number of rotatable bonds is 3. The molecule has 1 saturated heterocycles. The van der Waals surface area contributed by atoms with Gasteiger partial charge in [-0.2, -0.15) is 26.3 Å². The van der Waals surface area contributed by atoms with Crippen molar-refractivity contribution >= 4 is 13.2 Å². The third-order valence-electron chi connectivity index (χ3n) is 4.84. The monoisotopic (exact) mass is 395 g/mol. The molecule has 3 nitrogen and oxygen atoms in total. The van der Waals surface area contributed by atoms with E-state index in [1.165, 1.54) is 0 Å². The number of nitrogens with two attached hydrogens (primary N) is 1. The third-order valence-corrected chi connectivity index (χ3v) is 4.84. The highest BCUT2D eigenvalue weighted by molar-refractivity contribution is 6.56. The molecule has 1 aromatic rings. The number of hydrogen-bond acceptors (Lipinski definition) is 3. The molecule has 10 heteroatoms. The van der Waals surface area contributed by atoms with Crippen LogP contribution in [0.5, 0.6) is 0 Å². The molecule has 1 fully saturated rings. The minimum atomic E-state index is -4.97. The molecule has 1 aromatic carbocycles. The van der Waals surface area contributed by atoms with Crippen LogP contribution in [0.15, 0.2) is 23.7 Å². The molecular weight excluding hydrogens is 375 g/mol. The van der Waals surface area contributed by atoms with Crippen LogP contribution >= 0.6 is 0 Å². The van der Waals surface area contributed by atoms with Crippen LogP contribution in [0.25, 0.3) is 6.08 Å². The predicted octanol–water partition coefficient (Wildman–Crippen LogP) is 4.70. The van der Waals surface area contributed by atoms with Crippen LogP contribution in [0.2, 0.25) is 0 Å². The van der Waals surface area contributed by atoms with Gasteiger partial charge in [0.2, 0.25) is 0 Å². The maximum absolute atomic E-state index is 13.3. The number of hydrogen-bond donors (Lipinski definition) is 1. The summed E-state index contributed by atoms with van der Waals surface area (Å²) in [4.78, 5) is 0. The summed E-state index contributed by atoms with van der Waals surface area (Å²) in [5.41, 5.74) is 0.140. The van der Waals surface area contributed by atoms with Gasteiger partial charge in [-0.15, -0.1) is 0 Å². The highest BCUT2D eigenvalue weighted by Gasteiger charge is 2.52. The fourth-order valence-corrected chi connectivity index (χ4v) is 2.62. The van der Waals surface area contributed by atoms with E-state index < -0.39 is 47.4 Å². The van der Waals surface area contributed by atoms with E-state index in [0.29, 0.717) is 12.1 Å². The zero-order valence-corrected chi connectivity index (χ0v) is 15.3. The van der Waals surface area contributed by atoms with Crippen molar-refractivity contribution in [2.75, 3.05) is 6.54 Å². The van der Waals surface area contributed by atoms with Crippen molar-refractivity contribution < 1.29 is 35.7 Å². The molecule has 0 aromatic heterocycles. The maximum Gasteiger partial charge on any atom is 0.491 e. The molecule has 2 rings (SSSR count). The minimum absolute atomic E-state index is 0.0177. The zero-order valence-electron chi connectivity index (χ0n) is 15.3. The van der Waals surface area contributed by atoms with Crippen molar-refractivity contribution in [3.8, 4) is 0 Å². The molecule has 0 spiro atoms.